The number of carbonyl (C=O) groups is 1. The number of benzene rings is 2. The summed E-state index contributed by atoms with van der Waals surface area (Å²) in [6.45, 7) is -0.233. The lowest BCUT2D eigenvalue weighted by atomic mass is 10.1. The molecule has 0 amide bonds. The van der Waals surface area contributed by atoms with Gasteiger partial charge in [-0.05, 0) is 12.1 Å². The summed E-state index contributed by atoms with van der Waals surface area (Å²) >= 11 is 0.975. The summed E-state index contributed by atoms with van der Waals surface area (Å²) in [5.41, 5.74) is 0.0700. The number of carbonyl (C=O) groups excluding carboxylic acids is 1. The number of hydrogen-bond donors (Lipinski definition) is 0. The van der Waals surface area contributed by atoms with Crippen LogP contribution in [0.25, 0.3) is 10.1 Å². The fraction of sp³-hybridized carbons (Fsp3) is 0.0625. The minimum atomic E-state index is -0.418. The van der Waals surface area contributed by atoms with Crippen LogP contribution in [0.2, 0.25) is 0 Å². The quantitative estimate of drug-likeness (QED) is 0.697. The molecule has 0 bridgehead atoms. The summed E-state index contributed by atoms with van der Waals surface area (Å²) in [5, 5.41) is 0.461. The first-order valence-corrected chi connectivity index (χ1v) is 7.19. The monoisotopic (exact) mass is 297 g/mol. The zero-order valence-corrected chi connectivity index (χ0v) is 11.8. The number of fused-ring (bicyclic) bond motifs is 1. The molecule has 0 unspecified atom stereocenters. The molecule has 3 rings (SSSR count). The third-order valence-corrected chi connectivity index (χ3v) is 4.15. The molecular formula is C16H11NO3S. The standard InChI is InChI=1S/C16H11NO3S/c18-13(11-6-2-1-3-7-11)10-17-15(19)12-8-4-5-9-14(12)21-16(17)20/h1-9H,10H2. The van der Waals surface area contributed by atoms with E-state index in [2.05, 4.69) is 0 Å². The molecule has 2 aromatic carbocycles. The molecule has 21 heavy (non-hydrogen) atoms. The second-order valence-electron chi connectivity index (χ2n) is 4.54. The molecule has 4 nitrogen and oxygen atoms in total. The number of aromatic nitrogens is 1. The maximum Gasteiger partial charge on any atom is 0.310 e. The van der Waals surface area contributed by atoms with E-state index in [0.717, 1.165) is 15.9 Å². The van der Waals surface area contributed by atoms with Gasteiger partial charge in [-0.25, -0.2) is 0 Å². The van der Waals surface area contributed by atoms with Crippen LogP contribution in [-0.2, 0) is 6.54 Å². The van der Waals surface area contributed by atoms with Gasteiger partial charge < -0.3 is 0 Å². The highest BCUT2D eigenvalue weighted by Gasteiger charge is 2.12. The van der Waals surface area contributed by atoms with E-state index in [1.54, 1.807) is 54.6 Å². The lowest BCUT2D eigenvalue weighted by Gasteiger charge is -2.05. The van der Waals surface area contributed by atoms with Crippen molar-refractivity contribution in [1.82, 2.24) is 4.57 Å². The molecule has 1 aromatic heterocycles. The summed E-state index contributed by atoms with van der Waals surface area (Å²) in [7, 11) is 0. The van der Waals surface area contributed by atoms with Crippen LogP contribution in [0.15, 0.2) is 64.2 Å². The smallest absolute Gasteiger partial charge is 0.292 e. The van der Waals surface area contributed by atoms with Crippen molar-refractivity contribution in [3.63, 3.8) is 0 Å². The molecule has 104 valence electrons. The zero-order chi connectivity index (χ0) is 14.8. The Hall–Kier alpha value is -2.53. The SMILES string of the molecule is O=C(Cn1c(=O)sc2ccccc2c1=O)c1ccccc1. The van der Waals surface area contributed by atoms with Crippen molar-refractivity contribution in [2.24, 2.45) is 0 Å². The summed E-state index contributed by atoms with van der Waals surface area (Å²) in [6, 6.07) is 15.5. The average Bonchev–Trinajstić information content (AvgIpc) is 2.52. The summed E-state index contributed by atoms with van der Waals surface area (Å²) in [5.74, 6) is -0.253. The van der Waals surface area contributed by atoms with Crippen molar-refractivity contribution < 1.29 is 4.79 Å². The molecule has 0 radical (unpaired) electrons. The maximum absolute atomic E-state index is 12.3. The molecule has 5 heteroatoms. The van der Waals surface area contributed by atoms with Gasteiger partial charge in [-0.15, -0.1) is 0 Å². The average molecular weight is 297 g/mol. The minimum Gasteiger partial charge on any atom is -0.292 e. The van der Waals surface area contributed by atoms with Crippen LogP contribution in [-0.4, -0.2) is 10.4 Å². The predicted molar refractivity (Wildman–Crippen MR) is 83.1 cm³/mol. The lowest BCUT2D eigenvalue weighted by Crippen LogP contribution is -2.33. The second kappa shape index (κ2) is 5.46. The van der Waals surface area contributed by atoms with Gasteiger partial charge in [0.25, 0.3) is 5.56 Å². The van der Waals surface area contributed by atoms with Crippen molar-refractivity contribution in [1.29, 1.82) is 0 Å². The van der Waals surface area contributed by atoms with Gasteiger partial charge in [-0.3, -0.25) is 19.0 Å². The molecule has 0 aliphatic heterocycles. The first-order chi connectivity index (χ1) is 10.2. The molecule has 0 spiro atoms. The topological polar surface area (TPSA) is 56.1 Å². The Morgan fingerprint density at radius 1 is 0.952 bits per heavy atom. The van der Waals surface area contributed by atoms with E-state index < -0.39 is 10.4 Å². The Morgan fingerprint density at radius 3 is 2.38 bits per heavy atom. The first-order valence-electron chi connectivity index (χ1n) is 6.38. The van der Waals surface area contributed by atoms with Gasteiger partial charge in [0.1, 0.15) is 0 Å². The number of nitrogens with zero attached hydrogens (tertiary/aromatic N) is 1. The van der Waals surface area contributed by atoms with Crippen molar-refractivity contribution in [2.75, 3.05) is 0 Å². The number of ketones is 1. The van der Waals surface area contributed by atoms with Gasteiger partial charge in [0, 0.05) is 10.3 Å². The normalized spacial score (nSPS) is 10.7. The van der Waals surface area contributed by atoms with Crippen LogP contribution in [0, 0.1) is 0 Å². The summed E-state index contributed by atoms with van der Waals surface area (Å²) in [6.07, 6.45) is 0. The molecule has 0 atom stereocenters. The molecule has 0 aliphatic rings. The number of hydrogen-bond acceptors (Lipinski definition) is 4. The van der Waals surface area contributed by atoms with Crippen LogP contribution in [0.1, 0.15) is 10.4 Å². The Bertz CT molecular complexity index is 925. The zero-order valence-electron chi connectivity index (χ0n) is 11.0. The molecule has 3 aromatic rings. The minimum absolute atomic E-state index is 0.233. The van der Waals surface area contributed by atoms with E-state index in [1.807, 2.05) is 0 Å². The molecule has 0 N–H and O–H groups in total. The number of Topliss-reactive ketones (excluding diaryl/α,β-unsaturated/α-hetero) is 1. The van der Waals surface area contributed by atoms with Crippen molar-refractivity contribution in [2.45, 2.75) is 6.54 Å². The highest BCUT2D eigenvalue weighted by Crippen LogP contribution is 2.11. The van der Waals surface area contributed by atoms with Crippen LogP contribution in [0.5, 0.6) is 0 Å². The summed E-state index contributed by atoms with van der Waals surface area (Å²) < 4.78 is 1.64. The van der Waals surface area contributed by atoms with Crippen LogP contribution < -0.4 is 10.4 Å². The van der Waals surface area contributed by atoms with Gasteiger partial charge in [-0.2, -0.15) is 0 Å². The first kappa shape index (κ1) is 13.5. The predicted octanol–water partition coefficient (Wildman–Crippen LogP) is 2.31. The third kappa shape index (κ3) is 2.55. The molecule has 0 aliphatic carbocycles. The van der Waals surface area contributed by atoms with Gasteiger partial charge in [0.15, 0.2) is 5.78 Å². The fourth-order valence-corrected chi connectivity index (χ4v) is 2.96. The van der Waals surface area contributed by atoms with E-state index in [4.69, 9.17) is 0 Å². The highest BCUT2D eigenvalue weighted by atomic mass is 32.1. The van der Waals surface area contributed by atoms with Crippen molar-refractivity contribution in [3.05, 3.63) is 80.2 Å². The van der Waals surface area contributed by atoms with Crippen LogP contribution >= 0.6 is 11.3 Å². The second-order valence-corrected chi connectivity index (χ2v) is 5.54. The third-order valence-electron chi connectivity index (χ3n) is 3.18. The Labute approximate surface area is 123 Å². The molecule has 1 heterocycles. The molecule has 0 saturated carbocycles. The van der Waals surface area contributed by atoms with E-state index in [1.165, 1.54) is 0 Å². The molecular weight excluding hydrogens is 286 g/mol. The Balaban J connectivity index is 2.08. The lowest BCUT2D eigenvalue weighted by molar-refractivity contribution is 0.0970. The van der Waals surface area contributed by atoms with Crippen LogP contribution in [0.3, 0.4) is 0 Å². The number of rotatable bonds is 3. The van der Waals surface area contributed by atoms with Gasteiger partial charge in [0.2, 0.25) is 0 Å². The Kier molecular flexibility index (Phi) is 3.50. The Morgan fingerprint density at radius 2 is 1.62 bits per heavy atom. The molecule has 0 saturated heterocycles. The van der Waals surface area contributed by atoms with E-state index in [9.17, 15) is 14.4 Å². The van der Waals surface area contributed by atoms with Gasteiger partial charge >= 0.3 is 4.87 Å². The largest absolute Gasteiger partial charge is 0.310 e. The molecule has 0 fully saturated rings. The van der Waals surface area contributed by atoms with E-state index in [-0.39, 0.29) is 12.3 Å². The van der Waals surface area contributed by atoms with E-state index in [0.29, 0.717) is 15.6 Å². The fourth-order valence-electron chi connectivity index (χ4n) is 2.11. The maximum atomic E-state index is 12.3. The van der Waals surface area contributed by atoms with Gasteiger partial charge in [0.05, 0.1) is 11.9 Å². The summed E-state index contributed by atoms with van der Waals surface area (Å²) in [4.78, 5) is 36.1. The van der Waals surface area contributed by atoms with Crippen molar-refractivity contribution >= 4 is 27.2 Å². The van der Waals surface area contributed by atoms with E-state index >= 15 is 0 Å². The highest BCUT2D eigenvalue weighted by molar-refractivity contribution is 7.16. The van der Waals surface area contributed by atoms with Crippen molar-refractivity contribution in [3.8, 4) is 0 Å². The van der Waals surface area contributed by atoms with Crippen LogP contribution in [0.4, 0.5) is 0 Å². The van der Waals surface area contributed by atoms with Gasteiger partial charge in [-0.1, -0.05) is 53.8 Å².